The molecule has 0 spiro atoms. The summed E-state index contributed by atoms with van der Waals surface area (Å²) < 4.78 is 15.2. The molecule has 3 aliphatic carbocycles. The Labute approximate surface area is 231 Å². The van der Waals surface area contributed by atoms with Gasteiger partial charge in [0.25, 0.3) is 5.91 Å². The van der Waals surface area contributed by atoms with Crippen molar-refractivity contribution in [2.24, 2.45) is 24.8 Å². The van der Waals surface area contributed by atoms with Crippen molar-refractivity contribution in [1.29, 1.82) is 0 Å². The molecule has 3 aromatic rings. The van der Waals surface area contributed by atoms with Gasteiger partial charge in [-0.15, -0.1) is 0 Å². The van der Waals surface area contributed by atoms with Gasteiger partial charge in [-0.25, -0.2) is 9.37 Å². The van der Waals surface area contributed by atoms with Crippen LogP contribution in [0.1, 0.15) is 66.3 Å². The Hall–Kier alpha value is -3.25. The fraction of sp³-hybridized carbons (Fsp3) is 0.433. The SMILES string of the molecule is Cn1cnc(C2CC3CC(O)(C#CC4CC(O)(c5ccccn5)C4)CC3C2)c1C(=O)Nc1ccc(F)c(Cl)c1. The van der Waals surface area contributed by atoms with E-state index in [0.717, 1.165) is 18.5 Å². The van der Waals surface area contributed by atoms with Gasteiger partial charge in [-0.1, -0.05) is 29.5 Å². The molecule has 9 heteroatoms. The predicted octanol–water partition coefficient (Wildman–Crippen LogP) is 4.80. The number of anilines is 1. The van der Waals surface area contributed by atoms with E-state index >= 15 is 0 Å². The molecule has 39 heavy (non-hydrogen) atoms. The molecule has 0 radical (unpaired) electrons. The zero-order valence-corrected chi connectivity index (χ0v) is 22.3. The lowest BCUT2D eigenvalue weighted by Crippen LogP contribution is -2.41. The summed E-state index contributed by atoms with van der Waals surface area (Å²) in [6.45, 7) is 0. The van der Waals surface area contributed by atoms with E-state index in [1.807, 2.05) is 18.2 Å². The van der Waals surface area contributed by atoms with Crippen LogP contribution in [0, 0.1) is 35.4 Å². The van der Waals surface area contributed by atoms with E-state index in [2.05, 4.69) is 27.1 Å². The number of carbonyl (C=O) groups excluding carboxylic acids is 1. The molecule has 3 aliphatic rings. The number of hydrogen-bond donors (Lipinski definition) is 3. The first-order valence-electron chi connectivity index (χ1n) is 13.3. The van der Waals surface area contributed by atoms with Crippen molar-refractivity contribution in [3.63, 3.8) is 0 Å². The Morgan fingerprint density at radius 3 is 2.54 bits per heavy atom. The van der Waals surface area contributed by atoms with E-state index in [-0.39, 0.29) is 22.8 Å². The molecule has 1 aromatic carbocycles. The molecule has 202 valence electrons. The molecule has 2 heterocycles. The first-order valence-corrected chi connectivity index (χ1v) is 13.7. The molecule has 7 nitrogen and oxygen atoms in total. The van der Waals surface area contributed by atoms with Crippen molar-refractivity contribution in [3.8, 4) is 11.8 Å². The number of hydrogen-bond acceptors (Lipinski definition) is 5. The number of carbonyl (C=O) groups is 1. The molecule has 1 amide bonds. The van der Waals surface area contributed by atoms with Crippen molar-refractivity contribution in [2.45, 2.75) is 55.6 Å². The Morgan fingerprint density at radius 2 is 1.87 bits per heavy atom. The number of nitrogens with zero attached hydrogens (tertiary/aromatic N) is 3. The number of halogens is 2. The molecular weight excluding hydrogens is 519 g/mol. The minimum Gasteiger partial charge on any atom is -0.383 e. The summed E-state index contributed by atoms with van der Waals surface area (Å²) in [6, 6.07) is 9.61. The molecule has 3 N–H and O–H groups in total. The molecule has 3 fully saturated rings. The highest BCUT2D eigenvalue weighted by Gasteiger charge is 2.50. The molecule has 2 aromatic heterocycles. The van der Waals surface area contributed by atoms with Crippen molar-refractivity contribution in [3.05, 3.63) is 76.8 Å². The number of fused-ring (bicyclic) bond motifs is 1. The van der Waals surface area contributed by atoms with Gasteiger partial charge in [-0.05, 0) is 80.7 Å². The van der Waals surface area contributed by atoms with Crippen LogP contribution in [0.4, 0.5) is 10.1 Å². The van der Waals surface area contributed by atoms with Crippen LogP contribution in [-0.4, -0.2) is 36.3 Å². The van der Waals surface area contributed by atoms with Crippen molar-refractivity contribution >= 4 is 23.2 Å². The fourth-order valence-corrected chi connectivity index (χ4v) is 6.90. The van der Waals surface area contributed by atoms with Gasteiger partial charge in [-0.2, -0.15) is 0 Å². The summed E-state index contributed by atoms with van der Waals surface area (Å²) in [5.74, 6) is 6.27. The number of benzene rings is 1. The third-order valence-electron chi connectivity index (χ3n) is 8.60. The maximum absolute atomic E-state index is 13.5. The van der Waals surface area contributed by atoms with Crippen molar-refractivity contribution in [2.75, 3.05) is 5.32 Å². The van der Waals surface area contributed by atoms with Gasteiger partial charge < -0.3 is 20.1 Å². The minimum atomic E-state index is -1.02. The Bertz CT molecular complexity index is 1460. The van der Waals surface area contributed by atoms with E-state index in [1.54, 1.807) is 24.1 Å². The second kappa shape index (κ2) is 9.74. The summed E-state index contributed by atoms with van der Waals surface area (Å²) in [4.78, 5) is 22.0. The lowest BCUT2D eigenvalue weighted by molar-refractivity contribution is -0.0660. The van der Waals surface area contributed by atoms with Gasteiger partial charge in [0.15, 0.2) is 0 Å². The first kappa shape index (κ1) is 26.0. The minimum absolute atomic E-state index is 0.0415. The van der Waals surface area contributed by atoms with Crippen LogP contribution in [0.2, 0.25) is 5.02 Å². The van der Waals surface area contributed by atoms with Gasteiger partial charge in [0, 0.05) is 30.8 Å². The average molecular weight is 549 g/mol. The third-order valence-corrected chi connectivity index (χ3v) is 8.89. The molecule has 0 aliphatic heterocycles. The maximum Gasteiger partial charge on any atom is 0.274 e. The first-order chi connectivity index (χ1) is 18.6. The zero-order valence-electron chi connectivity index (χ0n) is 21.6. The van der Waals surface area contributed by atoms with Gasteiger partial charge in [0.1, 0.15) is 22.7 Å². The number of amides is 1. The molecule has 0 bridgehead atoms. The third kappa shape index (κ3) is 4.95. The monoisotopic (exact) mass is 548 g/mol. The van der Waals surface area contributed by atoms with E-state index in [9.17, 15) is 19.4 Å². The predicted molar refractivity (Wildman–Crippen MR) is 144 cm³/mol. The number of aromatic nitrogens is 3. The van der Waals surface area contributed by atoms with E-state index in [4.69, 9.17) is 11.6 Å². The number of aliphatic hydroxyl groups is 2. The second-order valence-electron chi connectivity index (χ2n) is 11.4. The lowest BCUT2D eigenvalue weighted by Gasteiger charge is -2.40. The highest BCUT2D eigenvalue weighted by atomic mass is 35.5. The quantitative estimate of drug-likeness (QED) is 0.407. The van der Waals surface area contributed by atoms with Crippen molar-refractivity contribution in [1.82, 2.24) is 14.5 Å². The molecule has 0 saturated heterocycles. The van der Waals surface area contributed by atoms with Crippen LogP contribution < -0.4 is 5.32 Å². The fourth-order valence-electron chi connectivity index (χ4n) is 6.72. The largest absolute Gasteiger partial charge is 0.383 e. The number of nitrogens with one attached hydrogen (secondary N) is 1. The van der Waals surface area contributed by atoms with Crippen LogP contribution in [0.15, 0.2) is 48.9 Å². The average Bonchev–Trinajstić information content (AvgIpc) is 3.55. The second-order valence-corrected chi connectivity index (χ2v) is 11.8. The number of pyridine rings is 1. The number of aryl methyl sites for hydroxylation is 1. The Kier molecular flexibility index (Phi) is 6.49. The lowest BCUT2D eigenvalue weighted by atomic mass is 9.69. The summed E-state index contributed by atoms with van der Waals surface area (Å²) in [7, 11) is 1.78. The Balaban J connectivity index is 1.09. The number of rotatable bonds is 4. The van der Waals surface area contributed by atoms with Gasteiger partial charge in [0.2, 0.25) is 0 Å². The maximum atomic E-state index is 13.5. The van der Waals surface area contributed by atoms with E-state index in [0.29, 0.717) is 54.6 Å². The van der Waals surface area contributed by atoms with Crippen LogP contribution in [-0.2, 0) is 12.6 Å². The molecule has 2 unspecified atom stereocenters. The van der Waals surface area contributed by atoms with E-state index < -0.39 is 17.0 Å². The van der Waals surface area contributed by atoms with Crippen LogP contribution in [0.25, 0.3) is 0 Å². The van der Waals surface area contributed by atoms with Crippen molar-refractivity contribution < 1.29 is 19.4 Å². The summed E-state index contributed by atoms with van der Waals surface area (Å²) in [5.41, 5.74) is 0.350. The van der Waals surface area contributed by atoms with E-state index in [1.165, 1.54) is 18.2 Å². The summed E-state index contributed by atoms with van der Waals surface area (Å²) >= 11 is 5.87. The normalized spacial score (nSPS) is 31.2. The molecule has 2 atom stereocenters. The van der Waals surface area contributed by atoms with Crippen LogP contribution in [0.3, 0.4) is 0 Å². The van der Waals surface area contributed by atoms with Gasteiger partial charge in [-0.3, -0.25) is 9.78 Å². The topological polar surface area (TPSA) is 100 Å². The molecule has 3 saturated carbocycles. The van der Waals surface area contributed by atoms with Gasteiger partial charge in [0.05, 0.1) is 22.7 Å². The summed E-state index contributed by atoms with van der Waals surface area (Å²) in [5, 5.41) is 24.8. The Morgan fingerprint density at radius 1 is 1.13 bits per heavy atom. The molecular formula is C30H30ClFN4O3. The van der Waals surface area contributed by atoms with Crippen LogP contribution in [0.5, 0.6) is 0 Å². The zero-order chi connectivity index (χ0) is 27.4. The number of imidazole rings is 1. The van der Waals surface area contributed by atoms with Crippen LogP contribution >= 0.6 is 11.6 Å². The highest BCUT2D eigenvalue weighted by Crippen LogP contribution is 2.54. The van der Waals surface area contributed by atoms with Gasteiger partial charge >= 0.3 is 0 Å². The molecule has 6 rings (SSSR count). The summed E-state index contributed by atoms with van der Waals surface area (Å²) in [6.07, 6.45) is 7.23. The standard InChI is InChI=1S/C30H30ClFN4O3/c1-36-17-34-26(27(36)28(37)35-22-5-6-24(32)23(31)12-22)19-10-20-15-29(38,16-21(20)11-19)8-7-18-13-30(39,14-18)25-4-2-3-9-33-25/h2-6,9,12,17-21,38-39H,10-11,13-16H2,1H3,(H,35,37). The smallest absolute Gasteiger partial charge is 0.274 e. The highest BCUT2D eigenvalue weighted by molar-refractivity contribution is 6.31.